The third-order valence-corrected chi connectivity index (χ3v) is 6.96. The number of hydrogen-bond donors (Lipinski definition) is 5. The number of halogens is 1. The van der Waals surface area contributed by atoms with Crippen LogP contribution in [0.2, 0.25) is 0 Å². The van der Waals surface area contributed by atoms with Crippen molar-refractivity contribution < 1.29 is 42.9 Å². The zero-order chi connectivity index (χ0) is 30.2. The van der Waals surface area contributed by atoms with Gasteiger partial charge in [-0.1, -0.05) is 0 Å². The van der Waals surface area contributed by atoms with Gasteiger partial charge in [-0.2, -0.15) is 0 Å². The molecule has 0 radical (unpaired) electrons. The van der Waals surface area contributed by atoms with E-state index in [0.29, 0.717) is 61.8 Å². The molecular weight excluding hydrogens is 555 g/mol. The maximum atomic E-state index is 14.7. The van der Waals surface area contributed by atoms with Crippen molar-refractivity contribution in [2.75, 3.05) is 50.1 Å². The van der Waals surface area contributed by atoms with Gasteiger partial charge in [-0.15, -0.1) is 0 Å². The van der Waals surface area contributed by atoms with Gasteiger partial charge in [0.2, 0.25) is 5.91 Å². The first-order valence-electron chi connectivity index (χ1n) is 13.3. The van der Waals surface area contributed by atoms with Gasteiger partial charge in [-0.3, -0.25) is 19.3 Å². The fraction of sp³-hybridized carbons (Fsp3) is 0.444. The number of anilines is 2. The number of pyridine rings is 1. The Hall–Kier alpha value is -4.50. The highest BCUT2D eigenvalue weighted by Crippen LogP contribution is 2.33. The Labute approximate surface area is 240 Å². The SMILES string of the molecule is CNC(=O)C(N)COc1cc(F)c2c(c1)CC(CNCCC1CN(c3ccc4c(n3)NC(=O)CO4)C(=O)O1)C2.O=CO. The van der Waals surface area contributed by atoms with E-state index < -0.39 is 12.1 Å². The quantitative estimate of drug-likeness (QED) is 0.191. The van der Waals surface area contributed by atoms with Crippen LogP contribution in [0.1, 0.15) is 17.5 Å². The number of amides is 3. The highest BCUT2D eigenvalue weighted by atomic mass is 19.1. The summed E-state index contributed by atoms with van der Waals surface area (Å²) < 4.78 is 31.1. The van der Waals surface area contributed by atoms with Gasteiger partial charge in [0.1, 0.15) is 36.1 Å². The van der Waals surface area contributed by atoms with E-state index in [0.717, 1.165) is 5.56 Å². The van der Waals surface area contributed by atoms with Gasteiger partial charge in [-0.05, 0) is 67.6 Å². The van der Waals surface area contributed by atoms with Crippen LogP contribution in [-0.2, 0) is 32.0 Å². The van der Waals surface area contributed by atoms with Crippen LogP contribution in [0.15, 0.2) is 24.3 Å². The molecule has 1 saturated heterocycles. The van der Waals surface area contributed by atoms with E-state index >= 15 is 0 Å². The Balaban J connectivity index is 0.00000129. The summed E-state index contributed by atoms with van der Waals surface area (Å²) in [4.78, 5) is 49.7. The Kier molecular flexibility index (Phi) is 10.1. The number of fused-ring (bicyclic) bond motifs is 2. The third kappa shape index (κ3) is 7.41. The molecule has 3 aliphatic rings. The number of aromatic nitrogens is 1. The fourth-order valence-electron chi connectivity index (χ4n) is 4.96. The van der Waals surface area contributed by atoms with Crippen LogP contribution in [0, 0.1) is 11.7 Å². The molecule has 6 N–H and O–H groups in total. The van der Waals surface area contributed by atoms with Gasteiger partial charge in [0, 0.05) is 13.1 Å². The highest BCUT2D eigenvalue weighted by molar-refractivity contribution is 5.95. The average Bonchev–Trinajstić information content (AvgIpc) is 3.56. The molecule has 0 saturated carbocycles. The highest BCUT2D eigenvalue weighted by Gasteiger charge is 2.34. The van der Waals surface area contributed by atoms with Crippen molar-refractivity contribution in [3.05, 3.63) is 41.2 Å². The molecular formula is C27H33FN6O8. The largest absolute Gasteiger partial charge is 0.491 e. The van der Waals surface area contributed by atoms with Crippen LogP contribution in [0.4, 0.5) is 20.8 Å². The van der Waals surface area contributed by atoms with Gasteiger partial charge in [-0.25, -0.2) is 14.2 Å². The Morgan fingerprint density at radius 3 is 2.90 bits per heavy atom. The number of cyclic esters (lactones) is 1. The molecule has 1 aromatic heterocycles. The van der Waals surface area contributed by atoms with Gasteiger partial charge in [0.15, 0.2) is 18.2 Å². The first-order valence-corrected chi connectivity index (χ1v) is 13.3. The summed E-state index contributed by atoms with van der Waals surface area (Å²) in [7, 11) is 1.49. The standard InChI is InChI=1S/C26H31FN6O6.CH2O2/c1-29-25(35)20(28)12-37-17-8-15-6-14(7-18(15)19(27)9-17)10-30-5-4-16-11-33(26(36)39-16)22-3-2-21-24(31-22)32-23(34)13-38-21;2-1-3/h2-3,8-9,14,16,20,30H,4-7,10-13,28H2,1H3,(H,29,35)(H,31,32,34);1H,(H,2,3). The van der Waals surface area contributed by atoms with Crippen molar-refractivity contribution in [2.24, 2.45) is 11.7 Å². The van der Waals surface area contributed by atoms with Crippen LogP contribution in [0.3, 0.4) is 0 Å². The van der Waals surface area contributed by atoms with Crippen molar-refractivity contribution in [1.29, 1.82) is 0 Å². The molecule has 0 spiro atoms. The number of nitrogens with zero attached hydrogens (tertiary/aromatic N) is 2. The van der Waals surface area contributed by atoms with Crippen LogP contribution >= 0.6 is 0 Å². The van der Waals surface area contributed by atoms with Gasteiger partial charge in [0.05, 0.1) is 6.54 Å². The summed E-state index contributed by atoms with van der Waals surface area (Å²) in [5.41, 5.74) is 7.32. The van der Waals surface area contributed by atoms with Crippen molar-refractivity contribution in [2.45, 2.75) is 31.4 Å². The number of carboxylic acid groups (broad SMARTS) is 1. The molecule has 3 atom stereocenters. The molecule has 42 heavy (non-hydrogen) atoms. The predicted molar refractivity (Wildman–Crippen MR) is 147 cm³/mol. The normalized spacial score (nSPS) is 19.3. The molecule has 0 bridgehead atoms. The molecule has 1 aromatic carbocycles. The number of carbonyl (C=O) groups is 4. The lowest BCUT2D eigenvalue weighted by Gasteiger charge is -2.19. The smallest absolute Gasteiger partial charge is 0.415 e. The Morgan fingerprint density at radius 2 is 2.14 bits per heavy atom. The molecule has 1 fully saturated rings. The lowest BCUT2D eigenvalue weighted by Crippen LogP contribution is -2.42. The first kappa shape index (κ1) is 30.5. The van der Waals surface area contributed by atoms with Gasteiger partial charge < -0.3 is 41.0 Å². The number of likely N-dealkylation sites (N-methyl/N-ethyl adjacent to an activating group) is 1. The second kappa shape index (κ2) is 13.9. The predicted octanol–water partition coefficient (Wildman–Crippen LogP) is 0.424. The van der Waals surface area contributed by atoms with Crippen LogP contribution < -0.4 is 36.1 Å². The molecule has 3 unspecified atom stereocenters. The summed E-state index contributed by atoms with van der Waals surface area (Å²) in [6.07, 6.45) is 1.11. The maximum absolute atomic E-state index is 14.7. The van der Waals surface area contributed by atoms with E-state index in [2.05, 4.69) is 20.9 Å². The minimum Gasteiger partial charge on any atom is -0.491 e. The van der Waals surface area contributed by atoms with Crippen LogP contribution in [-0.4, -0.2) is 86.5 Å². The van der Waals surface area contributed by atoms with E-state index in [1.54, 1.807) is 12.1 Å². The number of hydrogen-bond acceptors (Lipinski definition) is 10. The molecule has 3 amide bonds. The van der Waals surface area contributed by atoms with E-state index in [-0.39, 0.29) is 55.2 Å². The molecule has 5 rings (SSSR count). The second-order valence-electron chi connectivity index (χ2n) is 9.92. The number of carbonyl (C=O) groups excluding carboxylic acids is 3. The topological polar surface area (TPSA) is 194 Å². The van der Waals surface area contributed by atoms with E-state index in [1.807, 2.05) is 6.07 Å². The molecule has 226 valence electrons. The molecule has 14 nitrogen and oxygen atoms in total. The zero-order valence-electron chi connectivity index (χ0n) is 22.9. The second-order valence-corrected chi connectivity index (χ2v) is 9.92. The Bertz CT molecular complexity index is 1330. The monoisotopic (exact) mass is 588 g/mol. The minimum absolute atomic E-state index is 0.0421. The van der Waals surface area contributed by atoms with Crippen molar-refractivity contribution in [1.82, 2.24) is 15.6 Å². The van der Waals surface area contributed by atoms with Crippen LogP contribution in [0.25, 0.3) is 0 Å². The summed E-state index contributed by atoms with van der Waals surface area (Å²) in [6, 6.07) is 5.64. The maximum Gasteiger partial charge on any atom is 0.415 e. The Morgan fingerprint density at radius 1 is 1.36 bits per heavy atom. The van der Waals surface area contributed by atoms with Crippen molar-refractivity contribution in [3.63, 3.8) is 0 Å². The first-order chi connectivity index (χ1) is 20.2. The molecule has 1 aliphatic carbocycles. The number of nitrogens with one attached hydrogen (secondary N) is 3. The van der Waals surface area contributed by atoms with Crippen LogP contribution in [0.5, 0.6) is 11.5 Å². The summed E-state index contributed by atoms with van der Waals surface area (Å²) >= 11 is 0. The average molecular weight is 589 g/mol. The number of nitrogens with two attached hydrogens (primary N) is 1. The van der Waals surface area contributed by atoms with Crippen molar-refractivity contribution in [3.8, 4) is 11.5 Å². The van der Waals surface area contributed by atoms with Crippen molar-refractivity contribution >= 4 is 36.0 Å². The molecule has 3 heterocycles. The number of rotatable bonds is 10. The summed E-state index contributed by atoms with van der Waals surface area (Å²) in [6.45, 7) is 1.28. The zero-order valence-corrected chi connectivity index (χ0v) is 22.9. The number of ether oxygens (including phenoxy) is 3. The van der Waals surface area contributed by atoms with Gasteiger partial charge >= 0.3 is 6.09 Å². The van der Waals surface area contributed by atoms with E-state index in [4.69, 9.17) is 29.8 Å². The number of benzene rings is 1. The fourth-order valence-corrected chi connectivity index (χ4v) is 4.96. The van der Waals surface area contributed by atoms with E-state index in [1.165, 1.54) is 18.0 Å². The lowest BCUT2D eigenvalue weighted by molar-refractivity contribution is -0.123. The lowest BCUT2D eigenvalue weighted by atomic mass is 10.1. The van der Waals surface area contributed by atoms with Gasteiger partial charge in [0.25, 0.3) is 12.4 Å². The third-order valence-electron chi connectivity index (χ3n) is 6.96. The molecule has 15 heteroatoms. The molecule has 2 aliphatic heterocycles. The summed E-state index contributed by atoms with van der Waals surface area (Å²) in [5.74, 6) is 0.722. The molecule has 2 aromatic rings. The summed E-state index contributed by atoms with van der Waals surface area (Å²) in [5, 5.41) is 15.4. The van der Waals surface area contributed by atoms with E-state index in [9.17, 15) is 18.8 Å². The minimum atomic E-state index is -0.832.